The molecule has 3 rings (SSSR count). The third-order valence-electron chi connectivity index (χ3n) is 3.71. The van der Waals surface area contributed by atoms with E-state index in [0.717, 1.165) is 22.6 Å². The van der Waals surface area contributed by atoms with E-state index in [1.54, 1.807) is 0 Å². The summed E-state index contributed by atoms with van der Waals surface area (Å²) >= 11 is 8.27. The summed E-state index contributed by atoms with van der Waals surface area (Å²) < 4.78 is 0. The van der Waals surface area contributed by atoms with E-state index >= 15 is 0 Å². The Morgan fingerprint density at radius 1 is 1.15 bits per heavy atom. The van der Waals surface area contributed by atoms with Crippen molar-refractivity contribution in [3.63, 3.8) is 0 Å². The molecule has 0 unspecified atom stereocenters. The fraction of sp³-hybridized carbons (Fsp3) is 0.222. The first-order valence-corrected chi connectivity index (χ1v) is 8.19. The molecular weight excluding hydrogens is 284 g/mol. The van der Waals surface area contributed by atoms with Crippen LogP contribution in [0.25, 0.3) is 5.57 Å². The van der Waals surface area contributed by atoms with E-state index in [9.17, 15) is 0 Å². The molecule has 2 aromatic rings. The van der Waals surface area contributed by atoms with Gasteiger partial charge >= 0.3 is 0 Å². The van der Waals surface area contributed by atoms with Crippen LogP contribution < -0.4 is 0 Å². The van der Waals surface area contributed by atoms with Crippen molar-refractivity contribution < 1.29 is 0 Å². The van der Waals surface area contributed by atoms with Crippen molar-refractivity contribution in [1.82, 2.24) is 0 Å². The van der Waals surface area contributed by atoms with Crippen LogP contribution in [0.2, 0.25) is 5.02 Å². The second kappa shape index (κ2) is 5.67. The Hall–Kier alpha value is -1.18. The van der Waals surface area contributed by atoms with Crippen molar-refractivity contribution >= 4 is 28.9 Å². The van der Waals surface area contributed by atoms with E-state index < -0.39 is 0 Å². The first-order chi connectivity index (χ1) is 9.72. The average molecular weight is 301 g/mol. The standard InChI is InChI=1S/C18H17ClS/c1-3-4-7-13-10-11-15(19)17-12(2)14-8-5-6-9-16(14)20-18(13)17/h5-6,8-11H,2-4,7H2,1H3. The van der Waals surface area contributed by atoms with Crippen LogP contribution in [-0.4, -0.2) is 0 Å². The molecule has 0 aliphatic carbocycles. The molecular formula is C18H17ClS. The smallest absolute Gasteiger partial charge is 0.0496 e. The maximum Gasteiger partial charge on any atom is 0.0496 e. The monoisotopic (exact) mass is 300 g/mol. The highest BCUT2D eigenvalue weighted by Crippen LogP contribution is 2.48. The molecule has 0 saturated heterocycles. The lowest BCUT2D eigenvalue weighted by atomic mass is 9.95. The molecule has 0 saturated carbocycles. The van der Waals surface area contributed by atoms with Crippen LogP contribution in [-0.2, 0) is 6.42 Å². The van der Waals surface area contributed by atoms with E-state index in [1.165, 1.54) is 33.8 Å². The van der Waals surface area contributed by atoms with E-state index in [-0.39, 0.29) is 0 Å². The molecule has 0 spiro atoms. The minimum atomic E-state index is 0.812. The Morgan fingerprint density at radius 2 is 1.95 bits per heavy atom. The zero-order chi connectivity index (χ0) is 14.1. The minimum Gasteiger partial charge on any atom is -0.0904 e. The van der Waals surface area contributed by atoms with Gasteiger partial charge in [-0.25, -0.2) is 0 Å². The molecule has 0 N–H and O–H groups in total. The summed E-state index contributed by atoms with van der Waals surface area (Å²) in [5.41, 5.74) is 4.79. The number of hydrogen-bond donors (Lipinski definition) is 0. The molecule has 0 fully saturated rings. The average Bonchev–Trinajstić information content (AvgIpc) is 2.47. The zero-order valence-corrected chi connectivity index (χ0v) is 13.2. The Balaban J connectivity index is 2.13. The normalized spacial score (nSPS) is 13.0. The van der Waals surface area contributed by atoms with E-state index in [0.29, 0.717) is 0 Å². The third-order valence-corrected chi connectivity index (χ3v) is 5.28. The predicted molar refractivity (Wildman–Crippen MR) is 88.8 cm³/mol. The molecule has 1 heterocycles. The van der Waals surface area contributed by atoms with Gasteiger partial charge in [0.25, 0.3) is 0 Å². The summed E-state index contributed by atoms with van der Waals surface area (Å²) in [5, 5.41) is 0.812. The van der Waals surface area contributed by atoms with Crippen LogP contribution in [0.3, 0.4) is 0 Å². The Labute approximate surface area is 129 Å². The van der Waals surface area contributed by atoms with Gasteiger partial charge in [-0.1, -0.05) is 67.6 Å². The minimum absolute atomic E-state index is 0.812. The zero-order valence-electron chi connectivity index (χ0n) is 11.6. The van der Waals surface area contributed by atoms with Crippen LogP contribution in [0.5, 0.6) is 0 Å². The molecule has 2 heteroatoms. The van der Waals surface area contributed by atoms with Crippen LogP contribution >= 0.6 is 23.4 Å². The number of fused-ring (bicyclic) bond motifs is 2. The second-order valence-corrected chi connectivity index (χ2v) is 6.55. The van der Waals surface area contributed by atoms with Crippen molar-refractivity contribution in [3.8, 4) is 0 Å². The summed E-state index contributed by atoms with van der Waals surface area (Å²) in [7, 11) is 0. The molecule has 2 aromatic carbocycles. The largest absolute Gasteiger partial charge is 0.0904 e. The number of rotatable bonds is 3. The maximum absolute atomic E-state index is 6.44. The van der Waals surface area contributed by atoms with Gasteiger partial charge in [0.15, 0.2) is 0 Å². The Bertz CT molecular complexity index is 673. The van der Waals surface area contributed by atoms with Gasteiger partial charge in [-0.3, -0.25) is 0 Å². The van der Waals surface area contributed by atoms with Crippen molar-refractivity contribution in [2.24, 2.45) is 0 Å². The Morgan fingerprint density at radius 3 is 2.75 bits per heavy atom. The topological polar surface area (TPSA) is 0 Å². The summed E-state index contributed by atoms with van der Waals surface area (Å²) in [6.45, 7) is 6.51. The lowest BCUT2D eigenvalue weighted by molar-refractivity contribution is 0.784. The van der Waals surface area contributed by atoms with Gasteiger partial charge in [0.2, 0.25) is 0 Å². The fourth-order valence-corrected chi connectivity index (χ4v) is 4.24. The molecule has 0 amide bonds. The fourth-order valence-electron chi connectivity index (χ4n) is 2.61. The molecule has 0 bridgehead atoms. The maximum atomic E-state index is 6.44. The van der Waals surface area contributed by atoms with Crippen molar-refractivity contribution in [2.75, 3.05) is 0 Å². The molecule has 1 aliphatic rings. The summed E-state index contributed by atoms with van der Waals surface area (Å²) in [5.74, 6) is 0. The van der Waals surface area contributed by atoms with Gasteiger partial charge in [0.05, 0.1) is 0 Å². The van der Waals surface area contributed by atoms with Crippen LogP contribution in [0, 0.1) is 0 Å². The van der Waals surface area contributed by atoms with Gasteiger partial charge in [0, 0.05) is 20.4 Å². The SMILES string of the molecule is C=C1c2ccccc2Sc2c(CCCC)ccc(Cl)c21. The molecule has 0 atom stereocenters. The highest BCUT2D eigenvalue weighted by atomic mass is 35.5. The Kier molecular flexibility index (Phi) is 3.91. The molecule has 0 nitrogen and oxygen atoms in total. The van der Waals surface area contributed by atoms with E-state index in [1.807, 2.05) is 17.8 Å². The molecule has 0 aromatic heterocycles. The molecule has 20 heavy (non-hydrogen) atoms. The number of benzene rings is 2. The summed E-state index contributed by atoms with van der Waals surface area (Å²) in [4.78, 5) is 2.58. The van der Waals surface area contributed by atoms with Crippen molar-refractivity contribution in [3.05, 3.63) is 64.7 Å². The van der Waals surface area contributed by atoms with E-state index in [4.69, 9.17) is 11.6 Å². The number of aryl methyl sites for hydroxylation is 1. The van der Waals surface area contributed by atoms with Crippen molar-refractivity contribution in [1.29, 1.82) is 0 Å². The van der Waals surface area contributed by atoms with Crippen LogP contribution in [0.1, 0.15) is 36.5 Å². The van der Waals surface area contributed by atoms with Crippen LogP contribution in [0.4, 0.5) is 0 Å². The summed E-state index contributed by atoms with van der Waals surface area (Å²) in [6, 6.07) is 12.6. The van der Waals surface area contributed by atoms with Gasteiger partial charge in [-0.05, 0) is 41.7 Å². The molecule has 0 radical (unpaired) electrons. The summed E-state index contributed by atoms with van der Waals surface area (Å²) in [6.07, 6.45) is 3.53. The second-order valence-electron chi connectivity index (χ2n) is 5.09. The first-order valence-electron chi connectivity index (χ1n) is 7.00. The number of halogens is 1. The lowest BCUT2D eigenvalue weighted by Gasteiger charge is -2.24. The quantitative estimate of drug-likeness (QED) is 0.554. The van der Waals surface area contributed by atoms with Gasteiger partial charge in [-0.15, -0.1) is 0 Å². The first kappa shape index (κ1) is 13.8. The van der Waals surface area contributed by atoms with Crippen LogP contribution in [0.15, 0.2) is 52.8 Å². The predicted octanol–water partition coefficient (Wildman–Crippen LogP) is 6.21. The highest BCUT2D eigenvalue weighted by Gasteiger charge is 2.23. The van der Waals surface area contributed by atoms with Gasteiger partial charge < -0.3 is 0 Å². The van der Waals surface area contributed by atoms with Crippen molar-refractivity contribution in [2.45, 2.75) is 36.0 Å². The number of hydrogen-bond acceptors (Lipinski definition) is 1. The highest BCUT2D eigenvalue weighted by molar-refractivity contribution is 7.99. The van der Waals surface area contributed by atoms with E-state index in [2.05, 4.69) is 43.8 Å². The molecule has 1 aliphatic heterocycles. The lowest BCUT2D eigenvalue weighted by Crippen LogP contribution is -2.02. The molecule has 102 valence electrons. The van der Waals surface area contributed by atoms with Gasteiger partial charge in [0.1, 0.15) is 0 Å². The number of unbranched alkanes of at least 4 members (excludes halogenated alkanes) is 1. The third kappa shape index (κ3) is 2.30. The van der Waals surface area contributed by atoms with Gasteiger partial charge in [-0.2, -0.15) is 0 Å².